The fraction of sp³-hybridized carbons (Fsp3) is 0. The summed E-state index contributed by atoms with van der Waals surface area (Å²) < 4.78 is 25.7. The topological polar surface area (TPSA) is 72.2 Å². The molecule has 98 valence electrons. The summed E-state index contributed by atoms with van der Waals surface area (Å²) in [6.45, 7) is 0. The molecule has 2 amide bonds. The van der Waals surface area contributed by atoms with Crippen LogP contribution in [0.1, 0.15) is 20.7 Å². The van der Waals surface area contributed by atoms with E-state index in [0.717, 1.165) is 29.5 Å². The van der Waals surface area contributed by atoms with Crippen LogP contribution in [0.5, 0.6) is 0 Å². The fourth-order valence-electron chi connectivity index (χ4n) is 1.41. The van der Waals surface area contributed by atoms with Crippen molar-refractivity contribution >= 4 is 28.2 Å². The first kappa shape index (κ1) is 13.2. The van der Waals surface area contributed by atoms with Crippen molar-refractivity contribution < 1.29 is 18.4 Å². The smallest absolute Gasteiger partial charge is 0.256 e. The summed E-state index contributed by atoms with van der Waals surface area (Å²) >= 11 is 1.11. The van der Waals surface area contributed by atoms with Gasteiger partial charge in [0.1, 0.15) is 5.00 Å². The molecule has 0 bridgehead atoms. The van der Waals surface area contributed by atoms with Crippen molar-refractivity contribution in [3.05, 3.63) is 52.4 Å². The van der Waals surface area contributed by atoms with E-state index < -0.39 is 23.4 Å². The second kappa shape index (κ2) is 5.15. The van der Waals surface area contributed by atoms with Crippen molar-refractivity contribution in [2.24, 2.45) is 5.73 Å². The molecule has 0 aliphatic heterocycles. The number of carbonyl (C=O) groups is 2. The maximum Gasteiger partial charge on any atom is 0.256 e. The Morgan fingerprint density at radius 3 is 2.53 bits per heavy atom. The molecule has 0 spiro atoms. The number of hydrogen-bond donors (Lipinski definition) is 2. The van der Waals surface area contributed by atoms with Gasteiger partial charge in [0, 0.05) is 5.56 Å². The highest BCUT2D eigenvalue weighted by atomic mass is 32.1. The molecule has 0 aliphatic rings. The molecule has 0 radical (unpaired) electrons. The number of nitrogens with two attached hydrogens (primary N) is 1. The third-order valence-electron chi connectivity index (χ3n) is 2.34. The van der Waals surface area contributed by atoms with Crippen LogP contribution >= 0.6 is 11.3 Å². The van der Waals surface area contributed by atoms with E-state index in [1.165, 1.54) is 6.07 Å². The van der Waals surface area contributed by atoms with Gasteiger partial charge in [-0.05, 0) is 29.6 Å². The normalized spacial score (nSPS) is 10.2. The Kier molecular flexibility index (Phi) is 3.57. The van der Waals surface area contributed by atoms with Crippen LogP contribution in [0.2, 0.25) is 0 Å². The highest BCUT2D eigenvalue weighted by Crippen LogP contribution is 2.23. The minimum atomic E-state index is -1.12. The Labute approximate surface area is 110 Å². The number of rotatable bonds is 3. The molecule has 4 nitrogen and oxygen atoms in total. The van der Waals surface area contributed by atoms with Crippen LogP contribution in [0.15, 0.2) is 29.6 Å². The highest BCUT2D eigenvalue weighted by Gasteiger charge is 2.14. The van der Waals surface area contributed by atoms with E-state index in [2.05, 4.69) is 5.32 Å². The number of amides is 2. The molecule has 2 rings (SSSR count). The lowest BCUT2D eigenvalue weighted by atomic mass is 10.2. The van der Waals surface area contributed by atoms with Crippen molar-refractivity contribution in [2.75, 3.05) is 5.32 Å². The molecule has 0 saturated carbocycles. The standard InChI is InChI=1S/C12H8F2N2O2S/c13-8-2-1-6(5-9(8)14)11(18)16-12-7(10(15)17)3-4-19-12/h1-5H,(H2,15,17)(H,16,18). The average Bonchev–Trinajstić information content (AvgIpc) is 2.80. The molecule has 0 fully saturated rings. The third-order valence-corrected chi connectivity index (χ3v) is 3.17. The van der Waals surface area contributed by atoms with E-state index in [9.17, 15) is 18.4 Å². The molecular formula is C12H8F2N2O2S. The minimum Gasteiger partial charge on any atom is -0.366 e. The molecule has 3 N–H and O–H groups in total. The van der Waals surface area contributed by atoms with Gasteiger partial charge in [-0.2, -0.15) is 0 Å². The number of benzene rings is 1. The summed E-state index contributed by atoms with van der Waals surface area (Å²) in [5.41, 5.74) is 5.24. The number of carbonyl (C=O) groups excluding carboxylic acids is 2. The van der Waals surface area contributed by atoms with E-state index in [4.69, 9.17) is 5.73 Å². The van der Waals surface area contributed by atoms with Crippen LogP contribution < -0.4 is 11.1 Å². The van der Waals surface area contributed by atoms with Crippen LogP contribution in [-0.4, -0.2) is 11.8 Å². The molecular weight excluding hydrogens is 274 g/mol. The molecule has 0 saturated heterocycles. The summed E-state index contributed by atoms with van der Waals surface area (Å²) in [4.78, 5) is 22.9. The first-order chi connectivity index (χ1) is 8.99. The number of nitrogens with one attached hydrogen (secondary N) is 1. The van der Waals surface area contributed by atoms with Crippen LogP contribution in [0.4, 0.5) is 13.8 Å². The third kappa shape index (κ3) is 2.76. The molecule has 0 aliphatic carbocycles. The minimum absolute atomic E-state index is 0.0530. The van der Waals surface area contributed by atoms with E-state index in [0.29, 0.717) is 0 Å². The van der Waals surface area contributed by atoms with E-state index >= 15 is 0 Å². The van der Waals surface area contributed by atoms with Gasteiger partial charge in [-0.1, -0.05) is 0 Å². The van der Waals surface area contributed by atoms with Crippen molar-refractivity contribution in [1.29, 1.82) is 0 Å². The van der Waals surface area contributed by atoms with Crippen LogP contribution in [0.25, 0.3) is 0 Å². The average molecular weight is 282 g/mol. The Morgan fingerprint density at radius 2 is 1.89 bits per heavy atom. The zero-order valence-electron chi connectivity index (χ0n) is 9.44. The van der Waals surface area contributed by atoms with E-state index in [1.807, 2.05) is 0 Å². The van der Waals surface area contributed by atoms with Gasteiger partial charge in [-0.25, -0.2) is 8.78 Å². The SMILES string of the molecule is NC(=O)c1ccsc1NC(=O)c1ccc(F)c(F)c1. The second-order valence-electron chi connectivity index (χ2n) is 3.61. The Morgan fingerprint density at radius 1 is 1.16 bits per heavy atom. The Bertz CT molecular complexity index is 655. The van der Waals surface area contributed by atoms with Gasteiger partial charge >= 0.3 is 0 Å². The zero-order chi connectivity index (χ0) is 14.0. The van der Waals surface area contributed by atoms with Crippen molar-refractivity contribution in [2.45, 2.75) is 0 Å². The molecule has 0 unspecified atom stereocenters. The summed E-state index contributed by atoms with van der Waals surface area (Å²) in [6, 6.07) is 4.25. The van der Waals surface area contributed by atoms with Crippen LogP contribution in [-0.2, 0) is 0 Å². The van der Waals surface area contributed by atoms with Crippen molar-refractivity contribution in [3.8, 4) is 0 Å². The lowest BCUT2D eigenvalue weighted by molar-refractivity contribution is 0.100. The van der Waals surface area contributed by atoms with Crippen molar-refractivity contribution in [3.63, 3.8) is 0 Å². The molecule has 7 heteroatoms. The molecule has 2 aromatic rings. The first-order valence-electron chi connectivity index (χ1n) is 5.12. The quantitative estimate of drug-likeness (QED) is 0.907. The van der Waals surface area contributed by atoms with Gasteiger partial charge in [-0.15, -0.1) is 11.3 Å². The Hall–Kier alpha value is -2.28. The van der Waals surface area contributed by atoms with Gasteiger partial charge in [0.15, 0.2) is 11.6 Å². The molecule has 1 aromatic carbocycles. The maximum absolute atomic E-state index is 13.0. The second-order valence-corrected chi connectivity index (χ2v) is 4.53. The molecule has 1 heterocycles. The first-order valence-corrected chi connectivity index (χ1v) is 6.00. The van der Waals surface area contributed by atoms with E-state index in [-0.39, 0.29) is 16.1 Å². The maximum atomic E-state index is 13.0. The van der Waals surface area contributed by atoms with Gasteiger partial charge in [0.25, 0.3) is 11.8 Å². The van der Waals surface area contributed by atoms with Crippen molar-refractivity contribution in [1.82, 2.24) is 0 Å². The predicted octanol–water partition coefficient (Wildman–Crippen LogP) is 2.38. The van der Waals surface area contributed by atoms with Gasteiger partial charge in [0.05, 0.1) is 5.56 Å². The van der Waals surface area contributed by atoms with Gasteiger partial charge < -0.3 is 11.1 Å². The summed E-state index contributed by atoms with van der Waals surface area (Å²) in [6.07, 6.45) is 0. The van der Waals surface area contributed by atoms with E-state index in [1.54, 1.807) is 5.38 Å². The lowest BCUT2D eigenvalue weighted by Gasteiger charge is -2.05. The van der Waals surface area contributed by atoms with Crippen LogP contribution in [0, 0.1) is 11.6 Å². The van der Waals surface area contributed by atoms with Gasteiger partial charge in [0.2, 0.25) is 0 Å². The number of halogens is 2. The summed E-state index contributed by atoms with van der Waals surface area (Å²) in [5, 5.41) is 4.27. The number of hydrogen-bond acceptors (Lipinski definition) is 3. The molecule has 0 atom stereocenters. The van der Waals surface area contributed by atoms with Crippen LogP contribution in [0.3, 0.4) is 0 Å². The number of thiophene rings is 1. The molecule has 19 heavy (non-hydrogen) atoms. The lowest BCUT2D eigenvalue weighted by Crippen LogP contribution is -2.16. The number of primary amides is 1. The highest BCUT2D eigenvalue weighted by molar-refractivity contribution is 7.14. The largest absolute Gasteiger partial charge is 0.366 e. The predicted molar refractivity (Wildman–Crippen MR) is 67.1 cm³/mol. The molecule has 1 aromatic heterocycles. The zero-order valence-corrected chi connectivity index (χ0v) is 10.3. The summed E-state index contributed by atoms with van der Waals surface area (Å²) in [5.74, 6) is -3.48. The number of anilines is 1. The summed E-state index contributed by atoms with van der Waals surface area (Å²) in [7, 11) is 0. The van der Waals surface area contributed by atoms with Gasteiger partial charge in [-0.3, -0.25) is 9.59 Å². The fourth-order valence-corrected chi connectivity index (χ4v) is 2.20. The Balaban J connectivity index is 2.23. The monoisotopic (exact) mass is 282 g/mol.